The molecule has 0 saturated heterocycles. The molecule has 1 unspecified atom stereocenters. The summed E-state index contributed by atoms with van der Waals surface area (Å²) < 4.78 is 27.8. The predicted octanol–water partition coefficient (Wildman–Crippen LogP) is 3.46. The summed E-state index contributed by atoms with van der Waals surface area (Å²) in [6.45, 7) is 2.56. The fraction of sp³-hybridized carbons (Fsp3) is 0.381. The monoisotopic (exact) mass is 402 g/mol. The van der Waals surface area contributed by atoms with E-state index in [1.807, 2.05) is 43.3 Å². The van der Waals surface area contributed by atoms with Crippen molar-refractivity contribution >= 4 is 21.7 Å². The van der Waals surface area contributed by atoms with Gasteiger partial charge in [-0.3, -0.25) is 9.10 Å². The summed E-state index contributed by atoms with van der Waals surface area (Å²) in [7, 11) is -2.05. The van der Waals surface area contributed by atoms with E-state index in [0.717, 1.165) is 29.5 Å². The molecule has 150 valence electrons. The van der Waals surface area contributed by atoms with Crippen LogP contribution >= 0.6 is 0 Å². The number of hydrogen-bond donors (Lipinski definition) is 2. The first-order chi connectivity index (χ1) is 13.3. The van der Waals surface area contributed by atoms with Crippen LogP contribution < -0.4 is 9.62 Å². The Kier molecular flexibility index (Phi) is 6.05. The van der Waals surface area contributed by atoms with Gasteiger partial charge in [-0.25, -0.2) is 8.42 Å². The molecule has 2 aromatic carbocycles. The summed E-state index contributed by atoms with van der Waals surface area (Å²) >= 11 is 0. The van der Waals surface area contributed by atoms with Gasteiger partial charge in [0.05, 0.1) is 16.6 Å². The van der Waals surface area contributed by atoms with Gasteiger partial charge in [0.2, 0.25) is 0 Å². The van der Waals surface area contributed by atoms with E-state index in [2.05, 4.69) is 5.32 Å². The van der Waals surface area contributed by atoms with Crippen molar-refractivity contribution in [2.75, 3.05) is 17.9 Å². The maximum Gasteiger partial charge on any atom is 0.303 e. The fourth-order valence-corrected chi connectivity index (χ4v) is 5.15. The number of para-hydroxylation sites is 1. The molecule has 2 aromatic rings. The number of carboxylic acids is 1. The zero-order valence-electron chi connectivity index (χ0n) is 16.2. The molecule has 6 nitrogen and oxygen atoms in total. The van der Waals surface area contributed by atoms with Crippen molar-refractivity contribution in [1.82, 2.24) is 5.32 Å². The van der Waals surface area contributed by atoms with Crippen LogP contribution in [0.15, 0.2) is 47.4 Å². The van der Waals surface area contributed by atoms with Crippen molar-refractivity contribution < 1.29 is 18.3 Å². The fourth-order valence-electron chi connectivity index (χ4n) is 3.61. The SMILES string of the molecule is Cc1ccc2c(c1)S(=O)(=O)N(C)c1ccccc1C2NCCCCCC(=O)O. The van der Waals surface area contributed by atoms with Crippen molar-refractivity contribution in [2.24, 2.45) is 0 Å². The van der Waals surface area contributed by atoms with Gasteiger partial charge in [0.1, 0.15) is 0 Å². The van der Waals surface area contributed by atoms with Crippen LogP contribution in [-0.4, -0.2) is 33.1 Å². The summed E-state index contributed by atoms with van der Waals surface area (Å²) in [5.41, 5.74) is 3.23. The molecule has 0 aromatic heterocycles. The number of anilines is 1. The summed E-state index contributed by atoms with van der Waals surface area (Å²) in [5.74, 6) is -0.775. The molecule has 1 atom stereocenters. The van der Waals surface area contributed by atoms with Gasteiger partial charge in [-0.1, -0.05) is 36.8 Å². The molecule has 0 saturated carbocycles. The molecular weight excluding hydrogens is 376 g/mol. The zero-order chi connectivity index (χ0) is 20.3. The summed E-state index contributed by atoms with van der Waals surface area (Å²) in [6, 6.07) is 12.9. The van der Waals surface area contributed by atoms with Gasteiger partial charge in [0, 0.05) is 13.5 Å². The number of nitrogens with one attached hydrogen (secondary N) is 1. The number of aryl methyl sites for hydroxylation is 1. The Balaban J connectivity index is 1.93. The molecule has 3 rings (SSSR count). The molecule has 1 heterocycles. The minimum absolute atomic E-state index is 0.178. The first-order valence-electron chi connectivity index (χ1n) is 9.46. The maximum atomic E-state index is 13.2. The number of rotatable bonds is 7. The second-order valence-electron chi connectivity index (χ2n) is 7.16. The lowest BCUT2D eigenvalue weighted by molar-refractivity contribution is -0.137. The molecule has 28 heavy (non-hydrogen) atoms. The maximum absolute atomic E-state index is 13.2. The molecule has 0 aliphatic carbocycles. The lowest BCUT2D eigenvalue weighted by Gasteiger charge is -2.22. The second kappa shape index (κ2) is 8.32. The molecule has 0 amide bonds. The highest BCUT2D eigenvalue weighted by Crippen LogP contribution is 2.40. The summed E-state index contributed by atoms with van der Waals surface area (Å²) in [4.78, 5) is 11.0. The van der Waals surface area contributed by atoms with E-state index in [1.165, 1.54) is 4.31 Å². The Hall–Kier alpha value is -2.38. The van der Waals surface area contributed by atoms with Crippen molar-refractivity contribution in [1.29, 1.82) is 0 Å². The van der Waals surface area contributed by atoms with Gasteiger partial charge in [-0.15, -0.1) is 0 Å². The highest BCUT2D eigenvalue weighted by Gasteiger charge is 2.34. The molecule has 0 bridgehead atoms. The number of carbonyl (C=O) groups is 1. The number of benzene rings is 2. The van der Waals surface area contributed by atoms with Crippen LogP contribution in [0.4, 0.5) is 5.69 Å². The lowest BCUT2D eigenvalue weighted by atomic mass is 9.96. The van der Waals surface area contributed by atoms with E-state index >= 15 is 0 Å². The van der Waals surface area contributed by atoms with Crippen molar-refractivity contribution in [3.8, 4) is 0 Å². The molecule has 7 heteroatoms. The van der Waals surface area contributed by atoms with E-state index in [1.54, 1.807) is 13.1 Å². The number of hydrogen-bond acceptors (Lipinski definition) is 4. The van der Waals surface area contributed by atoms with Crippen LogP contribution in [0.5, 0.6) is 0 Å². The molecule has 0 fully saturated rings. The smallest absolute Gasteiger partial charge is 0.303 e. The number of unbranched alkanes of at least 4 members (excludes halogenated alkanes) is 2. The standard InChI is InChI=1S/C21H26N2O4S/c1-15-11-12-17-19(14-15)28(26,27)23(2)18-9-6-5-8-16(18)21(17)22-13-7-3-4-10-20(24)25/h5-6,8-9,11-12,14,21-22H,3-4,7,10,13H2,1-2H3,(H,24,25). The average Bonchev–Trinajstić information content (AvgIpc) is 2.72. The average molecular weight is 403 g/mol. The number of sulfonamides is 1. The third kappa shape index (κ3) is 4.05. The topological polar surface area (TPSA) is 86.7 Å². The minimum Gasteiger partial charge on any atom is -0.481 e. The van der Waals surface area contributed by atoms with E-state index in [0.29, 0.717) is 23.5 Å². The number of carboxylic acid groups (broad SMARTS) is 1. The van der Waals surface area contributed by atoms with E-state index in [9.17, 15) is 13.2 Å². The third-order valence-electron chi connectivity index (χ3n) is 5.12. The van der Waals surface area contributed by atoms with Gasteiger partial charge in [-0.2, -0.15) is 0 Å². The van der Waals surface area contributed by atoms with Crippen LogP contribution in [-0.2, 0) is 14.8 Å². The van der Waals surface area contributed by atoms with Gasteiger partial charge >= 0.3 is 5.97 Å². The quantitative estimate of drug-likeness (QED) is 0.693. The Morgan fingerprint density at radius 1 is 1.11 bits per heavy atom. The van der Waals surface area contributed by atoms with Gasteiger partial charge in [0.15, 0.2) is 0 Å². The lowest BCUT2D eigenvalue weighted by Crippen LogP contribution is -2.26. The molecule has 0 spiro atoms. The molecular formula is C21H26N2O4S. The molecule has 1 aliphatic rings. The Morgan fingerprint density at radius 3 is 2.61 bits per heavy atom. The van der Waals surface area contributed by atoms with Crippen molar-refractivity contribution in [3.63, 3.8) is 0 Å². The molecule has 2 N–H and O–H groups in total. The van der Waals surface area contributed by atoms with Gasteiger partial charge in [0.25, 0.3) is 10.0 Å². The Morgan fingerprint density at radius 2 is 1.86 bits per heavy atom. The van der Waals surface area contributed by atoms with E-state index < -0.39 is 16.0 Å². The van der Waals surface area contributed by atoms with Crippen molar-refractivity contribution in [2.45, 2.75) is 43.5 Å². The van der Waals surface area contributed by atoms with Gasteiger partial charge in [-0.05, 0) is 55.1 Å². The largest absolute Gasteiger partial charge is 0.481 e. The van der Waals surface area contributed by atoms with Crippen LogP contribution in [0.3, 0.4) is 0 Å². The van der Waals surface area contributed by atoms with Gasteiger partial charge < -0.3 is 10.4 Å². The second-order valence-corrected chi connectivity index (χ2v) is 9.10. The normalized spacial score (nSPS) is 17.5. The predicted molar refractivity (Wildman–Crippen MR) is 109 cm³/mol. The van der Waals surface area contributed by atoms with Crippen LogP contribution in [0.2, 0.25) is 0 Å². The van der Waals surface area contributed by atoms with E-state index in [-0.39, 0.29) is 12.5 Å². The van der Waals surface area contributed by atoms with Crippen LogP contribution in [0.25, 0.3) is 0 Å². The zero-order valence-corrected chi connectivity index (χ0v) is 17.0. The first-order valence-corrected chi connectivity index (χ1v) is 10.9. The van der Waals surface area contributed by atoms with Crippen LogP contribution in [0, 0.1) is 6.92 Å². The number of aliphatic carboxylic acids is 1. The highest BCUT2D eigenvalue weighted by molar-refractivity contribution is 7.92. The molecule has 1 aliphatic heterocycles. The van der Waals surface area contributed by atoms with Crippen LogP contribution in [0.1, 0.15) is 48.4 Å². The number of fused-ring (bicyclic) bond motifs is 2. The third-order valence-corrected chi connectivity index (χ3v) is 6.95. The summed E-state index contributed by atoms with van der Waals surface area (Å²) in [6.07, 6.45) is 2.46. The summed E-state index contributed by atoms with van der Waals surface area (Å²) in [5, 5.41) is 12.2. The minimum atomic E-state index is -3.65. The molecule has 0 radical (unpaired) electrons. The first kappa shape index (κ1) is 20.4. The highest BCUT2D eigenvalue weighted by atomic mass is 32.2. The number of nitrogens with zero attached hydrogens (tertiary/aromatic N) is 1. The van der Waals surface area contributed by atoms with E-state index in [4.69, 9.17) is 5.11 Å². The Labute approximate surface area is 166 Å². The van der Waals surface area contributed by atoms with Crippen molar-refractivity contribution in [3.05, 3.63) is 59.2 Å². The Bertz CT molecular complexity index is 972.